The number of rotatable bonds is 10. The van der Waals surface area contributed by atoms with Crippen LogP contribution >= 0.6 is 0 Å². The summed E-state index contributed by atoms with van der Waals surface area (Å²) in [6, 6.07) is 19.3. The van der Waals surface area contributed by atoms with Crippen molar-refractivity contribution in [2.24, 2.45) is 0 Å². The van der Waals surface area contributed by atoms with Crippen molar-refractivity contribution in [1.29, 1.82) is 0 Å². The monoisotopic (exact) mass is 498 g/mol. The molecule has 2 heterocycles. The molecule has 0 spiro atoms. The van der Waals surface area contributed by atoms with E-state index in [-0.39, 0.29) is 11.6 Å². The van der Waals surface area contributed by atoms with Crippen LogP contribution in [0.4, 0.5) is 0 Å². The molecule has 1 aliphatic carbocycles. The molecule has 1 atom stereocenters. The van der Waals surface area contributed by atoms with Crippen LogP contribution in [0.3, 0.4) is 0 Å². The van der Waals surface area contributed by atoms with Gasteiger partial charge < -0.3 is 4.98 Å². The predicted molar refractivity (Wildman–Crippen MR) is 147 cm³/mol. The fourth-order valence-electron chi connectivity index (χ4n) is 5.79. The van der Waals surface area contributed by atoms with Crippen molar-refractivity contribution in [1.82, 2.24) is 30.1 Å². The molecule has 0 radical (unpaired) electrons. The van der Waals surface area contributed by atoms with Crippen molar-refractivity contribution in [3.8, 4) is 0 Å². The van der Waals surface area contributed by atoms with Crippen molar-refractivity contribution >= 4 is 10.9 Å². The summed E-state index contributed by atoms with van der Waals surface area (Å²) in [4.78, 5) is 18.9. The molecule has 1 fully saturated rings. The third kappa shape index (κ3) is 5.99. The zero-order valence-corrected chi connectivity index (χ0v) is 22.1. The van der Waals surface area contributed by atoms with Gasteiger partial charge in [0.25, 0.3) is 5.56 Å². The number of hydrogen-bond acceptors (Lipinski definition) is 5. The van der Waals surface area contributed by atoms with Gasteiger partial charge in [-0.3, -0.25) is 9.69 Å². The minimum atomic E-state index is -0.00201. The maximum atomic E-state index is 13.2. The van der Waals surface area contributed by atoms with Crippen molar-refractivity contribution in [3.05, 3.63) is 87.5 Å². The van der Waals surface area contributed by atoms with E-state index < -0.39 is 0 Å². The highest BCUT2D eigenvalue weighted by Gasteiger charge is 2.32. The maximum absolute atomic E-state index is 13.2. The molecule has 194 valence electrons. The highest BCUT2D eigenvalue weighted by atomic mass is 16.1. The third-order valence-corrected chi connectivity index (χ3v) is 7.75. The van der Waals surface area contributed by atoms with Crippen molar-refractivity contribution in [2.75, 3.05) is 0 Å². The summed E-state index contributed by atoms with van der Waals surface area (Å²) in [7, 11) is 0. The second-order valence-electron chi connectivity index (χ2n) is 10.5. The topological polar surface area (TPSA) is 79.7 Å². The van der Waals surface area contributed by atoms with E-state index in [0.29, 0.717) is 12.6 Å². The van der Waals surface area contributed by atoms with E-state index in [1.165, 1.54) is 24.8 Å². The van der Waals surface area contributed by atoms with Gasteiger partial charge in [-0.05, 0) is 71.7 Å². The fourth-order valence-corrected chi connectivity index (χ4v) is 5.79. The summed E-state index contributed by atoms with van der Waals surface area (Å²) in [6.07, 6.45) is 8.89. The molecule has 0 bridgehead atoms. The lowest BCUT2D eigenvalue weighted by Crippen LogP contribution is -2.41. The van der Waals surface area contributed by atoms with Crippen LogP contribution in [0.15, 0.2) is 59.4 Å². The first-order chi connectivity index (χ1) is 18.1. The molecule has 0 aliphatic heterocycles. The molecule has 0 unspecified atom stereocenters. The van der Waals surface area contributed by atoms with Gasteiger partial charge in [-0.2, -0.15) is 0 Å². The van der Waals surface area contributed by atoms with E-state index in [1.54, 1.807) is 0 Å². The Bertz CT molecular complexity index is 1360. The van der Waals surface area contributed by atoms with Gasteiger partial charge in [0.2, 0.25) is 0 Å². The average molecular weight is 499 g/mol. The maximum Gasteiger partial charge on any atom is 0.252 e. The van der Waals surface area contributed by atoms with E-state index in [9.17, 15) is 4.79 Å². The van der Waals surface area contributed by atoms with Crippen LogP contribution in [-0.4, -0.2) is 36.1 Å². The van der Waals surface area contributed by atoms with Crippen molar-refractivity contribution in [3.63, 3.8) is 0 Å². The SMILES string of the molecule is CCC[C@H](c1nnnn1CCc1ccccc1)N(Cc1cc2ccc(C)cc2[nH]c1=O)C1CCCCC1. The number of H-pyrrole nitrogens is 1. The fraction of sp³-hybridized carbons (Fsp3) is 0.467. The highest BCUT2D eigenvalue weighted by Crippen LogP contribution is 2.33. The van der Waals surface area contributed by atoms with Gasteiger partial charge in [-0.15, -0.1) is 5.10 Å². The van der Waals surface area contributed by atoms with E-state index in [0.717, 1.165) is 66.5 Å². The van der Waals surface area contributed by atoms with Crippen LogP contribution in [-0.2, 0) is 19.5 Å². The first-order valence-corrected chi connectivity index (χ1v) is 13.8. The average Bonchev–Trinajstić information content (AvgIpc) is 3.39. The van der Waals surface area contributed by atoms with E-state index in [4.69, 9.17) is 0 Å². The zero-order chi connectivity index (χ0) is 25.6. The molecule has 37 heavy (non-hydrogen) atoms. The van der Waals surface area contributed by atoms with Gasteiger partial charge in [0.1, 0.15) is 0 Å². The summed E-state index contributed by atoms with van der Waals surface area (Å²) in [5.41, 5.74) is 4.13. The molecule has 0 saturated heterocycles. The number of aryl methyl sites for hydroxylation is 3. The number of aromatic amines is 1. The van der Waals surface area contributed by atoms with E-state index in [2.05, 4.69) is 74.8 Å². The number of benzene rings is 2. The molecule has 5 rings (SSSR count). The van der Waals surface area contributed by atoms with Crippen LogP contribution < -0.4 is 5.56 Å². The number of aromatic nitrogens is 5. The minimum Gasteiger partial charge on any atom is -0.322 e. The van der Waals surface area contributed by atoms with Crippen LogP contribution in [0.25, 0.3) is 10.9 Å². The lowest BCUT2D eigenvalue weighted by molar-refractivity contribution is 0.0809. The third-order valence-electron chi connectivity index (χ3n) is 7.75. The van der Waals surface area contributed by atoms with Crippen molar-refractivity contribution < 1.29 is 0 Å². The van der Waals surface area contributed by atoms with Crippen LogP contribution in [0.5, 0.6) is 0 Å². The number of hydrogen-bond donors (Lipinski definition) is 1. The summed E-state index contributed by atoms with van der Waals surface area (Å²) in [5.74, 6) is 0.913. The van der Waals surface area contributed by atoms with E-state index >= 15 is 0 Å². The molecule has 7 nitrogen and oxygen atoms in total. The van der Waals surface area contributed by atoms with Gasteiger partial charge in [0, 0.05) is 30.2 Å². The van der Waals surface area contributed by atoms with Gasteiger partial charge in [0.05, 0.1) is 6.04 Å². The molecular formula is C30H38N6O. The molecule has 0 amide bonds. The number of tetrazole rings is 1. The Hall–Kier alpha value is -3.32. The first kappa shape index (κ1) is 25.3. The Labute approximate surface area is 218 Å². The Morgan fingerprint density at radius 2 is 1.89 bits per heavy atom. The summed E-state index contributed by atoms with van der Waals surface area (Å²) >= 11 is 0. The Morgan fingerprint density at radius 1 is 1.08 bits per heavy atom. The van der Waals surface area contributed by atoms with Gasteiger partial charge in [-0.1, -0.05) is 75.1 Å². The predicted octanol–water partition coefficient (Wildman–Crippen LogP) is 5.74. The largest absolute Gasteiger partial charge is 0.322 e. The number of fused-ring (bicyclic) bond motifs is 1. The number of pyridine rings is 1. The van der Waals surface area contributed by atoms with Gasteiger partial charge >= 0.3 is 0 Å². The lowest BCUT2D eigenvalue weighted by atomic mass is 9.91. The van der Waals surface area contributed by atoms with E-state index in [1.807, 2.05) is 23.7 Å². The summed E-state index contributed by atoms with van der Waals surface area (Å²) in [6.45, 7) is 5.60. The van der Waals surface area contributed by atoms with Crippen LogP contribution in [0, 0.1) is 6.92 Å². The normalized spacial score (nSPS) is 15.4. The van der Waals surface area contributed by atoms with Crippen molar-refractivity contribution in [2.45, 2.75) is 90.4 Å². The Kier molecular flexibility index (Phi) is 8.09. The smallest absolute Gasteiger partial charge is 0.252 e. The molecular weight excluding hydrogens is 460 g/mol. The second-order valence-corrected chi connectivity index (χ2v) is 10.5. The first-order valence-electron chi connectivity index (χ1n) is 13.8. The van der Waals surface area contributed by atoms with Crippen LogP contribution in [0.2, 0.25) is 0 Å². The quantitative estimate of drug-likeness (QED) is 0.301. The van der Waals surface area contributed by atoms with Crippen LogP contribution in [0.1, 0.15) is 80.4 Å². The molecule has 7 heteroatoms. The Morgan fingerprint density at radius 3 is 2.68 bits per heavy atom. The second kappa shape index (κ2) is 11.8. The summed E-state index contributed by atoms with van der Waals surface area (Å²) < 4.78 is 1.98. The standard InChI is InChI=1S/C30H38N6O/c1-3-10-28(29-32-33-34-36(29)18-17-23-11-6-4-7-12-23)35(26-13-8-5-9-14-26)21-25-20-24-16-15-22(2)19-27(24)31-30(25)37/h4,6-7,11-12,15-16,19-20,26,28H,3,5,8-10,13-14,17-18,21H2,1-2H3,(H,31,37)/t28-/m1/s1. The van der Waals surface area contributed by atoms with Gasteiger partial charge in [0.15, 0.2) is 5.82 Å². The lowest BCUT2D eigenvalue weighted by Gasteiger charge is -2.39. The molecule has 4 aromatic rings. The molecule has 2 aromatic carbocycles. The number of nitrogens with one attached hydrogen (secondary N) is 1. The highest BCUT2D eigenvalue weighted by molar-refractivity contribution is 5.79. The minimum absolute atomic E-state index is 0.00201. The zero-order valence-electron chi connectivity index (χ0n) is 22.1. The molecule has 1 aliphatic rings. The molecule has 1 N–H and O–H groups in total. The molecule has 2 aromatic heterocycles. The number of nitrogens with zero attached hydrogens (tertiary/aromatic N) is 5. The van der Waals surface area contributed by atoms with Gasteiger partial charge in [-0.25, -0.2) is 4.68 Å². The summed E-state index contributed by atoms with van der Waals surface area (Å²) in [5, 5.41) is 14.1. The molecule has 1 saturated carbocycles. The Balaban J connectivity index is 1.48.